The molecule has 0 aliphatic carbocycles. The lowest BCUT2D eigenvalue weighted by Gasteiger charge is -2.38. The molecule has 1 aliphatic heterocycles. The Labute approximate surface area is 181 Å². The van der Waals surface area contributed by atoms with Crippen molar-refractivity contribution >= 4 is 22.9 Å². The van der Waals surface area contributed by atoms with Crippen molar-refractivity contribution in [2.24, 2.45) is 0 Å². The summed E-state index contributed by atoms with van der Waals surface area (Å²) in [6.45, 7) is 3.67. The number of piperazine rings is 1. The van der Waals surface area contributed by atoms with E-state index in [2.05, 4.69) is 65.6 Å². The van der Waals surface area contributed by atoms with Crippen molar-refractivity contribution in [3.05, 3.63) is 112 Å². The van der Waals surface area contributed by atoms with Gasteiger partial charge in [-0.3, -0.25) is 10.1 Å². The molecule has 0 atom stereocenters. The fraction of sp³-hybridized carbons (Fsp3) is 0.208. The van der Waals surface area contributed by atoms with Crippen LogP contribution in [0.25, 0.3) is 0 Å². The van der Waals surface area contributed by atoms with Crippen molar-refractivity contribution in [3.63, 3.8) is 0 Å². The van der Waals surface area contributed by atoms with E-state index >= 15 is 0 Å². The molecular formula is C24H24N3O2S+. The third kappa shape index (κ3) is 4.40. The fourth-order valence-electron chi connectivity index (χ4n) is 4.15. The average Bonchev–Trinajstić information content (AvgIpc) is 2.81. The maximum absolute atomic E-state index is 10.9. The van der Waals surface area contributed by atoms with Gasteiger partial charge in [-0.15, -0.1) is 0 Å². The van der Waals surface area contributed by atoms with E-state index in [1.165, 1.54) is 28.2 Å². The molecule has 1 heterocycles. The summed E-state index contributed by atoms with van der Waals surface area (Å²) in [4.78, 5) is 15.0. The molecule has 3 aromatic rings. The van der Waals surface area contributed by atoms with E-state index in [0.29, 0.717) is 6.04 Å². The maximum atomic E-state index is 10.9. The van der Waals surface area contributed by atoms with Gasteiger partial charge in [0.2, 0.25) is 0 Å². The number of hydrogen-bond donors (Lipinski definition) is 1. The van der Waals surface area contributed by atoms with Crippen molar-refractivity contribution in [2.75, 3.05) is 26.2 Å². The molecule has 0 spiro atoms. The highest BCUT2D eigenvalue weighted by Crippen LogP contribution is 2.20. The minimum absolute atomic E-state index is 0.0874. The molecule has 0 amide bonds. The second-order valence-corrected chi connectivity index (χ2v) is 7.90. The highest BCUT2D eigenvalue weighted by Gasteiger charge is 2.30. The standard InChI is InChI=1S/C24H23N3O2S/c28-27(29)22-13-11-21(12-14-22)24(30)26-17-15-25(16-18-26)23(19-7-3-1-4-8-19)20-9-5-2-6-10-20/h1-14,23H,15-18H2/p+1. The first-order chi connectivity index (χ1) is 14.6. The first kappa shape index (κ1) is 20.2. The molecular weight excluding hydrogens is 394 g/mol. The molecule has 5 nitrogen and oxygen atoms in total. The smallest absolute Gasteiger partial charge is 0.269 e. The van der Waals surface area contributed by atoms with E-state index in [4.69, 9.17) is 12.2 Å². The van der Waals surface area contributed by atoms with Gasteiger partial charge in [0.15, 0.2) is 0 Å². The number of benzene rings is 3. The molecule has 1 saturated heterocycles. The summed E-state index contributed by atoms with van der Waals surface area (Å²) in [5.41, 5.74) is 3.60. The van der Waals surface area contributed by atoms with Gasteiger partial charge in [0.25, 0.3) is 5.69 Å². The zero-order valence-corrected chi connectivity index (χ0v) is 17.4. The molecule has 152 valence electrons. The van der Waals surface area contributed by atoms with Crippen LogP contribution in [0.3, 0.4) is 0 Å². The summed E-state index contributed by atoms with van der Waals surface area (Å²) in [5.74, 6) is 0. The lowest BCUT2D eigenvalue weighted by Crippen LogP contribution is -3.15. The van der Waals surface area contributed by atoms with Crippen LogP contribution in [0, 0.1) is 10.1 Å². The third-order valence-electron chi connectivity index (χ3n) is 5.69. The number of thiocarbonyl (C=S) groups is 1. The monoisotopic (exact) mass is 418 g/mol. The molecule has 1 N–H and O–H groups in total. The van der Waals surface area contributed by atoms with Crippen molar-refractivity contribution in [2.45, 2.75) is 6.04 Å². The molecule has 0 radical (unpaired) electrons. The number of quaternary nitrogens is 1. The lowest BCUT2D eigenvalue weighted by atomic mass is 9.96. The minimum Gasteiger partial charge on any atom is -0.351 e. The molecule has 0 bridgehead atoms. The van der Waals surface area contributed by atoms with Gasteiger partial charge in [-0.25, -0.2) is 0 Å². The molecule has 0 saturated carbocycles. The first-order valence-electron chi connectivity index (χ1n) is 10.1. The predicted octanol–water partition coefficient (Wildman–Crippen LogP) is 3.26. The van der Waals surface area contributed by atoms with Crippen molar-refractivity contribution < 1.29 is 9.82 Å². The molecule has 3 aromatic carbocycles. The number of nitro groups is 1. The Morgan fingerprint density at radius 1 is 0.867 bits per heavy atom. The van der Waals surface area contributed by atoms with Crippen LogP contribution in [0.4, 0.5) is 5.69 Å². The van der Waals surface area contributed by atoms with Gasteiger partial charge < -0.3 is 9.80 Å². The SMILES string of the molecule is O=[N+]([O-])c1ccc(C(=S)N2CC[NH+](C(c3ccccc3)c3ccccc3)CC2)cc1. The maximum Gasteiger partial charge on any atom is 0.269 e. The van der Waals surface area contributed by atoms with Crippen molar-refractivity contribution in [3.8, 4) is 0 Å². The Morgan fingerprint density at radius 3 is 1.83 bits per heavy atom. The second kappa shape index (κ2) is 9.15. The van der Waals surface area contributed by atoms with E-state index in [9.17, 15) is 10.1 Å². The Bertz CT molecular complexity index is 962. The van der Waals surface area contributed by atoms with Crippen LogP contribution in [0.1, 0.15) is 22.7 Å². The molecule has 0 aromatic heterocycles. The van der Waals surface area contributed by atoms with Gasteiger partial charge in [-0.1, -0.05) is 72.9 Å². The predicted molar refractivity (Wildman–Crippen MR) is 122 cm³/mol. The van der Waals surface area contributed by atoms with Gasteiger partial charge in [0, 0.05) is 28.8 Å². The number of nitrogens with one attached hydrogen (secondary N) is 1. The van der Waals surface area contributed by atoms with E-state index in [1.54, 1.807) is 12.1 Å². The van der Waals surface area contributed by atoms with Crippen LogP contribution in [0.2, 0.25) is 0 Å². The molecule has 30 heavy (non-hydrogen) atoms. The number of nitro benzene ring substituents is 1. The van der Waals surface area contributed by atoms with Crippen molar-refractivity contribution in [1.29, 1.82) is 0 Å². The van der Waals surface area contributed by atoms with Gasteiger partial charge >= 0.3 is 0 Å². The second-order valence-electron chi connectivity index (χ2n) is 7.51. The molecule has 1 aliphatic rings. The van der Waals surface area contributed by atoms with E-state index in [0.717, 1.165) is 36.7 Å². The van der Waals surface area contributed by atoms with Gasteiger partial charge in [0.1, 0.15) is 11.0 Å². The number of nitrogens with zero attached hydrogens (tertiary/aromatic N) is 2. The Morgan fingerprint density at radius 2 is 1.37 bits per heavy atom. The number of hydrogen-bond acceptors (Lipinski definition) is 3. The highest BCUT2D eigenvalue weighted by atomic mass is 32.1. The Balaban J connectivity index is 1.48. The summed E-state index contributed by atoms with van der Waals surface area (Å²) in [6, 6.07) is 28.2. The Hall–Kier alpha value is -3.09. The summed E-state index contributed by atoms with van der Waals surface area (Å²) in [6.07, 6.45) is 0. The largest absolute Gasteiger partial charge is 0.351 e. The molecule has 1 fully saturated rings. The summed E-state index contributed by atoms with van der Waals surface area (Å²) in [5, 5.41) is 10.9. The number of rotatable bonds is 5. The van der Waals surface area contributed by atoms with Crippen LogP contribution < -0.4 is 4.90 Å². The summed E-state index contributed by atoms with van der Waals surface area (Å²) in [7, 11) is 0. The van der Waals surface area contributed by atoms with Gasteiger partial charge in [0.05, 0.1) is 31.1 Å². The van der Waals surface area contributed by atoms with Gasteiger partial charge in [-0.05, 0) is 12.1 Å². The van der Waals surface area contributed by atoms with Crippen molar-refractivity contribution in [1.82, 2.24) is 4.90 Å². The quantitative estimate of drug-likeness (QED) is 0.393. The van der Waals surface area contributed by atoms with Crippen LogP contribution in [-0.2, 0) is 0 Å². The summed E-state index contributed by atoms with van der Waals surface area (Å²) >= 11 is 5.69. The first-order valence-corrected chi connectivity index (χ1v) is 10.5. The van der Waals surface area contributed by atoms with E-state index in [1.807, 2.05) is 0 Å². The van der Waals surface area contributed by atoms with E-state index < -0.39 is 0 Å². The average molecular weight is 419 g/mol. The third-order valence-corrected chi connectivity index (χ3v) is 6.19. The normalized spacial score (nSPS) is 14.6. The van der Waals surface area contributed by atoms with Crippen LogP contribution >= 0.6 is 12.2 Å². The van der Waals surface area contributed by atoms with Crippen LogP contribution in [0.15, 0.2) is 84.9 Å². The molecule has 0 unspecified atom stereocenters. The number of non-ortho nitro benzene ring substituents is 1. The lowest BCUT2D eigenvalue weighted by molar-refractivity contribution is -0.929. The topological polar surface area (TPSA) is 50.8 Å². The fourth-order valence-corrected chi connectivity index (χ4v) is 4.47. The minimum atomic E-state index is -0.387. The zero-order valence-electron chi connectivity index (χ0n) is 16.6. The van der Waals surface area contributed by atoms with Gasteiger partial charge in [-0.2, -0.15) is 0 Å². The molecule has 6 heteroatoms. The van der Waals surface area contributed by atoms with E-state index in [-0.39, 0.29) is 10.6 Å². The summed E-state index contributed by atoms with van der Waals surface area (Å²) < 4.78 is 0. The zero-order chi connectivity index (χ0) is 20.9. The highest BCUT2D eigenvalue weighted by molar-refractivity contribution is 7.80. The molecule has 4 rings (SSSR count). The Kier molecular flexibility index (Phi) is 6.16. The van der Waals surface area contributed by atoms with Crippen LogP contribution in [0.5, 0.6) is 0 Å². The van der Waals surface area contributed by atoms with Crippen LogP contribution in [-0.4, -0.2) is 41.0 Å².